The summed E-state index contributed by atoms with van der Waals surface area (Å²) in [7, 11) is -1.81. The molecular weight excluding hydrogens is 419 g/mol. The van der Waals surface area contributed by atoms with Crippen LogP contribution in [0, 0.1) is 5.82 Å². The quantitative estimate of drug-likeness (QED) is 0.328. The number of benzene rings is 2. The third kappa shape index (κ3) is 6.53. The number of aliphatic hydroxyl groups excluding tert-OH is 1. The summed E-state index contributed by atoms with van der Waals surface area (Å²) >= 11 is 6.21. The third-order valence-corrected chi connectivity index (χ3v) is 10.5. The highest BCUT2D eigenvalue weighted by atomic mass is 35.5. The SMILES string of the molecule is C[C@H](CO[Si](C)(C)C(C)(C)C)NCC(O)Nc1cccc(-c2ccccc2Cl)c1F. The third-order valence-electron chi connectivity index (χ3n) is 5.64. The Morgan fingerprint density at radius 2 is 1.73 bits per heavy atom. The molecule has 0 radical (unpaired) electrons. The molecule has 0 saturated carbocycles. The van der Waals surface area contributed by atoms with Crippen molar-refractivity contribution in [3.63, 3.8) is 0 Å². The summed E-state index contributed by atoms with van der Waals surface area (Å²) in [4.78, 5) is 0. The maximum Gasteiger partial charge on any atom is 0.192 e. The summed E-state index contributed by atoms with van der Waals surface area (Å²) in [6.07, 6.45) is -0.948. The fourth-order valence-electron chi connectivity index (χ4n) is 2.68. The van der Waals surface area contributed by atoms with Crippen molar-refractivity contribution in [2.24, 2.45) is 0 Å². The number of hydrogen-bond donors (Lipinski definition) is 3. The highest BCUT2D eigenvalue weighted by Gasteiger charge is 2.37. The fraction of sp³-hybridized carbons (Fsp3) is 0.478. The van der Waals surface area contributed by atoms with E-state index in [4.69, 9.17) is 16.0 Å². The van der Waals surface area contributed by atoms with Crippen LogP contribution >= 0.6 is 11.6 Å². The minimum absolute atomic E-state index is 0.0647. The molecule has 2 aromatic carbocycles. The number of nitrogens with one attached hydrogen (secondary N) is 2. The molecule has 0 bridgehead atoms. The van der Waals surface area contributed by atoms with Gasteiger partial charge in [-0.15, -0.1) is 0 Å². The van der Waals surface area contributed by atoms with Crippen LogP contribution < -0.4 is 10.6 Å². The summed E-state index contributed by atoms with van der Waals surface area (Å²) in [5, 5.41) is 17.1. The topological polar surface area (TPSA) is 53.5 Å². The second-order valence-electron chi connectivity index (χ2n) is 9.19. The molecule has 1 unspecified atom stereocenters. The summed E-state index contributed by atoms with van der Waals surface area (Å²) in [6.45, 7) is 13.9. The zero-order valence-electron chi connectivity index (χ0n) is 18.7. The number of rotatable bonds is 9. The second kappa shape index (κ2) is 10.2. The largest absolute Gasteiger partial charge is 0.415 e. The lowest BCUT2D eigenvalue weighted by molar-refractivity contribution is 0.182. The first-order valence-corrected chi connectivity index (χ1v) is 13.6. The van der Waals surface area contributed by atoms with Crippen molar-refractivity contribution < 1.29 is 13.9 Å². The molecule has 0 aromatic heterocycles. The van der Waals surface area contributed by atoms with E-state index in [1.807, 2.05) is 13.0 Å². The molecule has 2 rings (SSSR count). The second-order valence-corrected chi connectivity index (χ2v) is 14.4. The average Bonchev–Trinajstić information content (AvgIpc) is 2.66. The minimum Gasteiger partial charge on any atom is -0.415 e. The summed E-state index contributed by atoms with van der Waals surface area (Å²) < 4.78 is 21.2. The van der Waals surface area contributed by atoms with Crippen LogP contribution in [0.4, 0.5) is 10.1 Å². The summed E-state index contributed by atoms with van der Waals surface area (Å²) in [5.41, 5.74) is 1.23. The van der Waals surface area contributed by atoms with Gasteiger partial charge >= 0.3 is 0 Å². The first-order valence-electron chi connectivity index (χ1n) is 10.3. The monoisotopic (exact) mass is 452 g/mol. The summed E-state index contributed by atoms with van der Waals surface area (Å²) in [6, 6.07) is 12.2. The normalized spacial score (nSPS) is 14.4. The maximum atomic E-state index is 15.0. The van der Waals surface area contributed by atoms with E-state index in [9.17, 15) is 9.50 Å². The van der Waals surface area contributed by atoms with Gasteiger partial charge in [-0.1, -0.05) is 62.7 Å². The van der Waals surface area contributed by atoms with Crippen LogP contribution in [0.5, 0.6) is 0 Å². The van der Waals surface area contributed by atoms with Gasteiger partial charge in [0.25, 0.3) is 0 Å². The molecule has 0 spiro atoms. The highest BCUT2D eigenvalue weighted by molar-refractivity contribution is 6.74. The standard InChI is InChI=1S/C23H34ClFN2O2Si/c1-16(15-29-30(5,6)23(2,3)4)26-14-21(28)27-20-13-9-11-18(22(20)25)17-10-7-8-12-19(17)24/h7-13,16,21,26-28H,14-15H2,1-6H3/t16-,21?/m1/s1. The molecule has 7 heteroatoms. The molecule has 0 aliphatic heterocycles. The molecule has 2 atom stereocenters. The van der Waals surface area contributed by atoms with Crippen molar-refractivity contribution in [1.82, 2.24) is 5.32 Å². The van der Waals surface area contributed by atoms with E-state index in [2.05, 4.69) is 44.5 Å². The van der Waals surface area contributed by atoms with Gasteiger partial charge in [-0.05, 0) is 37.2 Å². The van der Waals surface area contributed by atoms with E-state index in [1.54, 1.807) is 36.4 Å². The molecule has 2 aromatic rings. The van der Waals surface area contributed by atoms with E-state index in [0.29, 0.717) is 22.8 Å². The van der Waals surface area contributed by atoms with Gasteiger partial charge in [0.05, 0.1) is 5.69 Å². The molecule has 30 heavy (non-hydrogen) atoms. The molecule has 0 aliphatic rings. The summed E-state index contributed by atoms with van der Waals surface area (Å²) in [5.74, 6) is -0.445. The highest BCUT2D eigenvalue weighted by Crippen LogP contribution is 2.36. The Kier molecular flexibility index (Phi) is 8.48. The average molecular weight is 453 g/mol. The zero-order valence-corrected chi connectivity index (χ0v) is 20.5. The van der Waals surface area contributed by atoms with Crippen molar-refractivity contribution in [2.75, 3.05) is 18.5 Å². The molecule has 4 nitrogen and oxygen atoms in total. The van der Waals surface area contributed by atoms with E-state index in [0.717, 1.165) is 0 Å². The Hall–Kier alpha value is -1.44. The number of halogens is 2. The minimum atomic E-state index is -1.81. The molecule has 3 N–H and O–H groups in total. The van der Waals surface area contributed by atoms with Gasteiger partial charge in [0, 0.05) is 35.3 Å². The van der Waals surface area contributed by atoms with Crippen LogP contribution in [-0.4, -0.2) is 38.8 Å². The molecule has 166 valence electrons. The Bertz CT molecular complexity index is 842. The van der Waals surface area contributed by atoms with Crippen LogP contribution in [0.2, 0.25) is 23.2 Å². The molecule has 0 amide bonds. The Balaban J connectivity index is 1.93. The Labute approximate surface area is 185 Å². The lowest BCUT2D eigenvalue weighted by atomic mass is 10.0. The van der Waals surface area contributed by atoms with E-state index in [1.165, 1.54) is 0 Å². The van der Waals surface area contributed by atoms with Crippen molar-refractivity contribution in [1.29, 1.82) is 0 Å². The predicted octanol–water partition coefficient (Wildman–Crippen LogP) is 5.88. The fourth-order valence-corrected chi connectivity index (χ4v) is 4.02. The molecular formula is C23H34ClFN2O2Si. The molecule has 0 aliphatic carbocycles. The predicted molar refractivity (Wildman–Crippen MR) is 127 cm³/mol. The van der Waals surface area contributed by atoms with E-state index in [-0.39, 0.29) is 23.3 Å². The first kappa shape index (κ1) is 24.8. The first-order chi connectivity index (χ1) is 13.9. The van der Waals surface area contributed by atoms with Gasteiger partial charge in [0.2, 0.25) is 0 Å². The van der Waals surface area contributed by atoms with Gasteiger partial charge < -0.3 is 20.2 Å². The van der Waals surface area contributed by atoms with Crippen molar-refractivity contribution in [2.45, 2.75) is 58.1 Å². The van der Waals surface area contributed by atoms with Gasteiger partial charge in [0.1, 0.15) is 6.23 Å². The van der Waals surface area contributed by atoms with Crippen molar-refractivity contribution >= 4 is 25.6 Å². The lowest BCUT2D eigenvalue weighted by Crippen LogP contribution is -2.46. The molecule has 0 heterocycles. The maximum absolute atomic E-state index is 15.0. The van der Waals surface area contributed by atoms with Crippen LogP contribution in [0.15, 0.2) is 42.5 Å². The van der Waals surface area contributed by atoms with Crippen molar-refractivity contribution in [3.8, 4) is 11.1 Å². The Morgan fingerprint density at radius 1 is 1.10 bits per heavy atom. The van der Waals surface area contributed by atoms with Crippen LogP contribution in [0.25, 0.3) is 11.1 Å². The van der Waals surface area contributed by atoms with Gasteiger partial charge in [-0.3, -0.25) is 0 Å². The zero-order chi connectivity index (χ0) is 22.5. The lowest BCUT2D eigenvalue weighted by Gasteiger charge is -2.37. The van der Waals surface area contributed by atoms with Crippen LogP contribution in [-0.2, 0) is 4.43 Å². The molecule has 0 saturated heterocycles. The Morgan fingerprint density at radius 3 is 2.37 bits per heavy atom. The number of hydrogen-bond acceptors (Lipinski definition) is 4. The van der Waals surface area contributed by atoms with E-state index < -0.39 is 20.4 Å². The van der Waals surface area contributed by atoms with Crippen LogP contribution in [0.3, 0.4) is 0 Å². The number of anilines is 1. The number of aliphatic hydroxyl groups is 1. The van der Waals surface area contributed by atoms with Gasteiger partial charge in [0.15, 0.2) is 14.1 Å². The van der Waals surface area contributed by atoms with Gasteiger partial charge in [-0.25, -0.2) is 4.39 Å². The van der Waals surface area contributed by atoms with Crippen LogP contribution in [0.1, 0.15) is 27.7 Å². The molecule has 0 fully saturated rings. The van der Waals surface area contributed by atoms with E-state index >= 15 is 0 Å². The van der Waals surface area contributed by atoms with Crippen molar-refractivity contribution in [3.05, 3.63) is 53.3 Å². The van der Waals surface area contributed by atoms with Gasteiger partial charge in [-0.2, -0.15) is 0 Å². The smallest absolute Gasteiger partial charge is 0.192 e.